The van der Waals surface area contributed by atoms with Gasteiger partial charge in [-0.1, -0.05) is 13.8 Å². The third-order valence-electron chi connectivity index (χ3n) is 9.89. The SMILES string of the molecule is C[C@]12CC[C@@H](O)C[C@H]1CC[C@@H]1[C@@H]2[C@H](O)C[C@]2(C)[C@H](C3=CC(=O)OC3)CC[C@]12O. The maximum atomic E-state index is 12.1. The van der Waals surface area contributed by atoms with Crippen LogP contribution in [0.5, 0.6) is 0 Å². The molecule has 5 heteroatoms. The highest BCUT2D eigenvalue weighted by Crippen LogP contribution is 2.69. The second-order valence-electron chi connectivity index (χ2n) is 10.9. The number of rotatable bonds is 1. The zero-order chi connectivity index (χ0) is 19.9. The molecule has 5 rings (SSSR count). The number of cyclic esters (lactones) is 1. The summed E-state index contributed by atoms with van der Waals surface area (Å²) >= 11 is 0. The van der Waals surface area contributed by atoms with Gasteiger partial charge in [-0.05, 0) is 86.0 Å². The zero-order valence-electron chi connectivity index (χ0n) is 17.1. The molecule has 156 valence electrons. The molecule has 28 heavy (non-hydrogen) atoms. The van der Waals surface area contributed by atoms with Crippen LogP contribution in [0.25, 0.3) is 0 Å². The molecule has 0 bridgehead atoms. The molecule has 3 N–H and O–H groups in total. The van der Waals surface area contributed by atoms with Gasteiger partial charge in [0.25, 0.3) is 0 Å². The van der Waals surface area contributed by atoms with E-state index in [1.54, 1.807) is 6.08 Å². The van der Waals surface area contributed by atoms with Crippen molar-refractivity contribution in [3.63, 3.8) is 0 Å². The summed E-state index contributed by atoms with van der Waals surface area (Å²) in [6.45, 7) is 4.76. The summed E-state index contributed by atoms with van der Waals surface area (Å²) in [4.78, 5) is 11.6. The lowest BCUT2D eigenvalue weighted by Crippen LogP contribution is -2.66. The quantitative estimate of drug-likeness (QED) is 0.599. The number of hydrogen-bond donors (Lipinski definition) is 3. The number of aliphatic hydroxyl groups is 3. The molecule has 5 nitrogen and oxygen atoms in total. The monoisotopic (exact) mass is 390 g/mol. The lowest BCUT2D eigenvalue weighted by molar-refractivity contribution is -0.242. The van der Waals surface area contributed by atoms with Crippen molar-refractivity contribution in [2.24, 2.45) is 34.5 Å². The normalized spacial score (nSPS) is 55.8. The van der Waals surface area contributed by atoms with Crippen molar-refractivity contribution in [1.29, 1.82) is 0 Å². The number of carbonyl (C=O) groups is 1. The van der Waals surface area contributed by atoms with E-state index in [1.165, 1.54) is 0 Å². The topological polar surface area (TPSA) is 87.0 Å². The Balaban J connectivity index is 1.51. The first-order valence-electron chi connectivity index (χ1n) is 11.1. The van der Waals surface area contributed by atoms with E-state index in [-0.39, 0.29) is 35.2 Å². The largest absolute Gasteiger partial charge is 0.458 e. The molecule has 4 fully saturated rings. The van der Waals surface area contributed by atoms with Crippen LogP contribution in [0.2, 0.25) is 0 Å². The molecule has 0 saturated heterocycles. The van der Waals surface area contributed by atoms with E-state index in [0.717, 1.165) is 50.5 Å². The predicted molar refractivity (Wildman–Crippen MR) is 103 cm³/mol. The van der Waals surface area contributed by atoms with E-state index in [2.05, 4.69) is 13.8 Å². The minimum Gasteiger partial charge on any atom is -0.458 e. The lowest BCUT2D eigenvalue weighted by Gasteiger charge is -2.65. The molecule has 9 atom stereocenters. The molecule has 0 spiro atoms. The molecule has 0 unspecified atom stereocenters. The third kappa shape index (κ3) is 2.33. The lowest BCUT2D eigenvalue weighted by atomic mass is 9.42. The highest BCUT2D eigenvalue weighted by atomic mass is 16.5. The van der Waals surface area contributed by atoms with Crippen molar-refractivity contribution in [1.82, 2.24) is 0 Å². The molecule has 4 saturated carbocycles. The average molecular weight is 391 g/mol. The Morgan fingerprint density at radius 2 is 1.89 bits per heavy atom. The maximum Gasteiger partial charge on any atom is 0.331 e. The van der Waals surface area contributed by atoms with Gasteiger partial charge in [0, 0.05) is 11.5 Å². The van der Waals surface area contributed by atoms with Crippen molar-refractivity contribution in [2.75, 3.05) is 6.61 Å². The van der Waals surface area contributed by atoms with Crippen LogP contribution in [0, 0.1) is 34.5 Å². The van der Waals surface area contributed by atoms with Crippen LogP contribution in [0.15, 0.2) is 11.6 Å². The van der Waals surface area contributed by atoms with Gasteiger partial charge < -0.3 is 20.1 Å². The number of esters is 1. The highest BCUT2D eigenvalue weighted by molar-refractivity contribution is 5.85. The van der Waals surface area contributed by atoms with Gasteiger partial charge in [0.1, 0.15) is 6.61 Å². The zero-order valence-corrected chi connectivity index (χ0v) is 17.1. The van der Waals surface area contributed by atoms with Gasteiger partial charge >= 0.3 is 5.97 Å². The van der Waals surface area contributed by atoms with Crippen LogP contribution in [-0.2, 0) is 9.53 Å². The Kier molecular flexibility index (Phi) is 4.12. The molecule has 1 aliphatic heterocycles. The minimum atomic E-state index is -0.807. The van der Waals surface area contributed by atoms with Crippen molar-refractivity contribution in [2.45, 2.75) is 83.0 Å². The van der Waals surface area contributed by atoms with E-state index in [9.17, 15) is 20.1 Å². The Morgan fingerprint density at radius 3 is 2.61 bits per heavy atom. The predicted octanol–water partition coefficient (Wildman–Crippen LogP) is 2.58. The van der Waals surface area contributed by atoms with Gasteiger partial charge in [-0.3, -0.25) is 0 Å². The summed E-state index contributed by atoms with van der Waals surface area (Å²) in [5.74, 6) is 0.420. The van der Waals surface area contributed by atoms with Crippen molar-refractivity contribution in [3.05, 3.63) is 11.6 Å². The van der Waals surface area contributed by atoms with E-state index < -0.39 is 17.1 Å². The molecule has 0 radical (unpaired) electrons. The van der Waals surface area contributed by atoms with Gasteiger partial charge in [0.2, 0.25) is 0 Å². The average Bonchev–Trinajstić information content (AvgIpc) is 3.16. The van der Waals surface area contributed by atoms with Gasteiger partial charge in [-0.2, -0.15) is 0 Å². The Hall–Kier alpha value is -0.910. The summed E-state index contributed by atoms with van der Waals surface area (Å²) in [6, 6.07) is 0. The van der Waals surface area contributed by atoms with Crippen molar-refractivity contribution >= 4 is 5.97 Å². The number of ether oxygens (including phenoxy) is 1. The van der Waals surface area contributed by atoms with Crippen LogP contribution in [0.4, 0.5) is 0 Å². The summed E-state index contributed by atoms with van der Waals surface area (Å²) in [5.41, 5.74) is -0.250. The second kappa shape index (κ2) is 6.05. The van der Waals surface area contributed by atoms with Gasteiger partial charge in [0.15, 0.2) is 0 Å². The smallest absolute Gasteiger partial charge is 0.331 e. The number of aliphatic hydroxyl groups excluding tert-OH is 2. The molecular weight excluding hydrogens is 356 g/mol. The fraction of sp³-hybridized carbons (Fsp3) is 0.870. The molecule has 5 aliphatic rings. The number of fused-ring (bicyclic) bond motifs is 5. The van der Waals surface area contributed by atoms with Crippen molar-refractivity contribution in [3.8, 4) is 0 Å². The van der Waals surface area contributed by atoms with Crippen LogP contribution in [-0.4, -0.2) is 45.7 Å². The number of carbonyl (C=O) groups excluding carboxylic acids is 1. The second-order valence-corrected chi connectivity index (χ2v) is 10.9. The van der Waals surface area contributed by atoms with Crippen LogP contribution in [0.3, 0.4) is 0 Å². The maximum absolute atomic E-state index is 12.1. The summed E-state index contributed by atoms with van der Waals surface area (Å²) in [5, 5.41) is 33.7. The summed E-state index contributed by atoms with van der Waals surface area (Å²) in [7, 11) is 0. The number of hydrogen-bond acceptors (Lipinski definition) is 5. The first-order valence-corrected chi connectivity index (χ1v) is 11.1. The van der Waals surface area contributed by atoms with Crippen LogP contribution in [0.1, 0.15) is 65.2 Å². The van der Waals surface area contributed by atoms with Crippen LogP contribution < -0.4 is 0 Å². The minimum absolute atomic E-state index is 0.0115. The highest BCUT2D eigenvalue weighted by Gasteiger charge is 2.69. The summed E-state index contributed by atoms with van der Waals surface area (Å²) in [6.07, 6.45) is 7.61. The van der Waals surface area contributed by atoms with Gasteiger partial charge in [-0.25, -0.2) is 4.79 Å². The molecule has 4 aliphatic carbocycles. The Bertz CT molecular complexity index is 718. The Labute approximate surface area is 167 Å². The molecule has 0 aromatic carbocycles. The fourth-order valence-electron chi connectivity index (χ4n) is 8.49. The molecule has 0 amide bonds. The van der Waals surface area contributed by atoms with E-state index >= 15 is 0 Å². The van der Waals surface area contributed by atoms with Gasteiger partial charge in [-0.15, -0.1) is 0 Å². The van der Waals surface area contributed by atoms with Gasteiger partial charge in [0.05, 0.1) is 17.8 Å². The van der Waals surface area contributed by atoms with E-state index in [1.807, 2.05) is 0 Å². The fourth-order valence-corrected chi connectivity index (χ4v) is 8.49. The molecule has 0 aromatic rings. The van der Waals surface area contributed by atoms with E-state index in [0.29, 0.717) is 18.9 Å². The first kappa shape index (κ1) is 19.1. The summed E-state index contributed by atoms with van der Waals surface area (Å²) < 4.78 is 5.17. The molecule has 0 aromatic heterocycles. The third-order valence-corrected chi connectivity index (χ3v) is 9.89. The van der Waals surface area contributed by atoms with E-state index in [4.69, 9.17) is 4.74 Å². The molecule has 1 heterocycles. The van der Waals surface area contributed by atoms with Crippen LogP contribution >= 0.6 is 0 Å². The molecular formula is C23H34O5. The Morgan fingerprint density at radius 1 is 1.11 bits per heavy atom. The standard InChI is InChI=1S/C23H34O5/c1-21-7-5-15(24)10-14(21)3-4-17-20(21)18(25)11-22(2)16(6-8-23(17,22)27)13-9-19(26)28-12-13/h9,14-18,20,24-25,27H,3-8,10-12H2,1-2H3/t14-,15-,16+,17-,18-,20-,21+,22-,23+/m1/s1. The first-order chi connectivity index (χ1) is 13.2. The van der Waals surface area contributed by atoms with Crippen molar-refractivity contribution < 1.29 is 24.9 Å².